The van der Waals surface area contributed by atoms with Crippen molar-refractivity contribution in [2.24, 2.45) is 0 Å². The highest BCUT2D eigenvalue weighted by Gasteiger charge is 2.26. The van der Waals surface area contributed by atoms with Crippen molar-refractivity contribution in [1.29, 1.82) is 0 Å². The highest BCUT2D eigenvalue weighted by atomic mass is 16.6. The van der Waals surface area contributed by atoms with Crippen LogP contribution in [0, 0.1) is 0 Å². The lowest BCUT2D eigenvalue weighted by Crippen LogP contribution is -2.45. The van der Waals surface area contributed by atoms with E-state index in [0.29, 0.717) is 13.0 Å². The standard InChI is InChI=1S/C24H31NO5/c1-6-18-14-20(29-16-17-10-8-7-9-11-17)13-12-19(18)15-21(22(26)28-5)25-23(27)30-24(2,3)4/h7-14,21H,6,15-16H2,1-5H3,(H,25,27)/t21-/m0/s1. The number of rotatable bonds is 8. The topological polar surface area (TPSA) is 73.9 Å². The van der Waals surface area contributed by atoms with E-state index in [0.717, 1.165) is 28.9 Å². The molecule has 0 radical (unpaired) electrons. The van der Waals surface area contributed by atoms with Crippen LogP contribution < -0.4 is 10.1 Å². The first-order chi connectivity index (χ1) is 14.2. The smallest absolute Gasteiger partial charge is 0.408 e. The van der Waals surface area contributed by atoms with Crippen molar-refractivity contribution in [2.75, 3.05) is 7.11 Å². The number of nitrogens with one attached hydrogen (secondary N) is 1. The fourth-order valence-corrected chi connectivity index (χ4v) is 2.97. The van der Waals surface area contributed by atoms with E-state index < -0.39 is 23.7 Å². The Hall–Kier alpha value is -3.02. The fraction of sp³-hybridized carbons (Fsp3) is 0.417. The second kappa shape index (κ2) is 10.7. The molecule has 0 saturated heterocycles. The van der Waals surface area contributed by atoms with E-state index in [4.69, 9.17) is 14.2 Å². The average Bonchev–Trinajstić information content (AvgIpc) is 2.71. The zero-order valence-corrected chi connectivity index (χ0v) is 18.4. The van der Waals surface area contributed by atoms with E-state index in [1.54, 1.807) is 20.8 Å². The van der Waals surface area contributed by atoms with Gasteiger partial charge in [0, 0.05) is 6.42 Å². The van der Waals surface area contributed by atoms with Crippen molar-refractivity contribution in [1.82, 2.24) is 5.32 Å². The van der Waals surface area contributed by atoms with Gasteiger partial charge in [-0.25, -0.2) is 9.59 Å². The van der Waals surface area contributed by atoms with Crippen molar-refractivity contribution < 1.29 is 23.8 Å². The lowest BCUT2D eigenvalue weighted by atomic mass is 9.98. The van der Waals surface area contributed by atoms with Gasteiger partial charge < -0.3 is 19.5 Å². The zero-order chi connectivity index (χ0) is 22.1. The van der Waals surface area contributed by atoms with Gasteiger partial charge in [-0.15, -0.1) is 0 Å². The minimum absolute atomic E-state index is 0.300. The highest BCUT2D eigenvalue weighted by Crippen LogP contribution is 2.21. The number of alkyl carbamates (subject to hydrolysis) is 1. The van der Waals surface area contributed by atoms with Crippen LogP contribution >= 0.6 is 0 Å². The van der Waals surface area contributed by atoms with Gasteiger partial charge in [0.2, 0.25) is 0 Å². The molecule has 1 amide bonds. The van der Waals surface area contributed by atoms with Gasteiger partial charge in [-0.1, -0.05) is 43.3 Å². The first-order valence-electron chi connectivity index (χ1n) is 10.1. The number of hydrogen-bond acceptors (Lipinski definition) is 5. The summed E-state index contributed by atoms with van der Waals surface area (Å²) < 4.78 is 16.0. The summed E-state index contributed by atoms with van der Waals surface area (Å²) in [7, 11) is 1.30. The SMILES string of the molecule is CCc1cc(OCc2ccccc2)ccc1C[C@H](NC(=O)OC(C)(C)C)C(=O)OC. The molecule has 1 atom stereocenters. The van der Waals surface area contributed by atoms with Gasteiger partial charge in [-0.2, -0.15) is 0 Å². The number of carbonyl (C=O) groups is 2. The van der Waals surface area contributed by atoms with Gasteiger partial charge in [0.15, 0.2) is 0 Å². The number of hydrogen-bond donors (Lipinski definition) is 1. The summed E-state index contributed by atoms with van der Waals surface area (Å²) in [4.78, 5) is 24.4. The number of amides is 1. The van der Waals surface area contributed by atoms with Crippen molar-refractivity contribution in [3.63, 3.8) is 0 Å². The van der Waals surface area contributed by atoms with Crippen LogP contribution in [0.5, 0.6) is 5.75 Å². The van der Waals surface area contributed by atoms with E-state index in [2.05, 4.69) is 5.32 Å². The molecule has 0 aromatic heterocycles. The van der Waals surface area contributed by atoms with E-state index in [1.165, 1.54) is 7.11 Å². The van der Waals surface area contributed by atoms with Gasteiger partial charge in [0.05, 0.1) is 7.11 Å². The zero-order valence-electron chi connectivity index (χ0n) is 18.4. The van der Waals surface area contributed by atoms with Gasteiger partial charge in [0.1, 0.15) is 24.0 Å². The normalized spacial score (nSPS) is 12.0. The maximum atomic E-state index is 12.2. The summed E-state index contributed by atoms with van der Waals surface area (Å²) in [6.07, 6.45) is 0.408. The van der Waals surface area contributed by atoms with Crippen LogP contribution in [0.1, 0.15) is 44.4 Å². The second-order valence-electron chi connectivity index (χ2n) is 7.98. The van der Waals surface area contributed by atoms with Crippen LogP contribution in [0.2, 0.25) is 0 Å². The van der Waals surface area contributed by atoms with E-state index in [9.17, 15) is 9.59 Å². The molecule has 2 aromatic rings. The van der Waals surface area contributed by atoms with Crippen molar-refractivity contribution in [3.05, 3.63) is 65.2 Å². The van der Waals surface area contributed by atoms with Crippen LogP contribution in [0.3, 0.4) is 0 Å². The predicted molar refractivity (Wildman–Crippen MR) is 115 cm³/mol. The molecule has 0 aliphatic carbocycles. The number of esters is 1. The summed E-state index contributed by atoms with van der Waals surface area (Å²) in [6, 6.07) is 14.9. The molecular weight excluding hydrogens is 382 g/mol. The largest absolute Gasteiger partial charge is 0.489 e. The first kappa shape index (κ1) is 23.3. The molecule has 162 valence electrons. The van der Waals surface area contributed by atoms with Crippen LogP contribution in [0.4, 0.5) is 4.79 Å². The maximum absolute atomic E-state index is 12.2. The average molecular weight is 414 g/mol. The van der Waals surface area contributed by atoms with E-state index in [-0.39, 0.29) is 0 Å². The van der Waals surface area contributed by atoms with Crippen molar-refractivity contribution in [2.45, 2.75) is 58.8 Å². The number of benzene rings is 2. The van der Waals surface area contributed by atoms with Gasteiger partial charge in [0.25, 0.3) is 0 Å². The van der Waals surface area contributed by atoms with Crippen LogP contribution in [-0.4, -0.2) is 30.8 Å². The third kappa shape index (κ3) is 7.43. The lowest BCUT2D eigenvalue weighted by Gasteiger charge is -2.23. The minimum Gasteiger partial charge on any atom is -0.489 e. The third-order valence-corrected chi connectivity index (χ3v) is 4.41. The Morgan fingerprint density at radius 1 is 1.03 bits per heavy atom. The van der Waals surface area contributed by atoms with Crippen molar-refractivity contribution in [3.8, 4) is 5.75 Å². The summed E-state index contributed by atoms with van der Waals surface area (Å²) >= 11 is 0. The summed E-state index contributed by atoms with van der Waals surface area (Å²) in [6.45, 7) is 7.82. The molecular formula is C24H31NO5. The predicted octanol–water partition coefficient (Wildman–Crippen LogP) is 4.44. The monoisotopic (exact) mass is 413 g/mol. The fourth-order valence-electron chi connectivity index (χ4n) is 2.97. The van der Waals surface area contributed by atoms with Gasteiger partial charge >= 0.3 is 12.1 Å². The molecule has 0 aliphatic rings. The minimum atomic E-state index is -0.841. The molecule has 0 bridgehead atoms. The lowest BCUT2D eigenvalue weighted by molar-refractivity contribution is -0.143. The van der Waals surface area contributed by atoms with Crippen molar-refractivity contribution >= 4 is 12.1 Å². The number of carbonyl (C=O) groups excluding carboxylic acids is 2. The Balaban J connectivity index is 2.11. The van der Waals surface area contributed by atoms with E-state index >= 15 is 0 Å². The summed E-state index contributed by atoms with van der Waals surface area (Å²) in [5.41, 5.74) is 2.42. The molecule has 0 unspecified atom stereocenters. The second-order valence-corrected chi connectivity index (χ2v) is 7.98. The molecule has 1 N–H and O–H groups in total. The quantitative estimate of drug-likeness (QED) is 0.648. The van der Waals surface area contributed by atoms with Crippen LogP contribution in [-0.2, 0) is 33.7 Å². The number of ether oxygens (including phenoxy) is 3. The molecule has 6 heteroatoms. The molecule has 0 spiro atoms. The maximum Gasteiger partial charge on any atom is 0.408 e. The summed E-state index contributed by atoms with van der Waals surface area (Å²) in [5, 5.41) is 2.62. The molecule has 0 fully saturated rings. The van der Waals surface area contributed by atoms with Crippen LogP contribution in [0.25, 0.3) is 0 Å². The molecule has 2 rings (SSSR count). The Bertz CT molecular complexity index is 842. The molecule has 0 heterocycles. The highest BCUT2D eigenvalue weighted by molar-refractivity contribution is 5.81. The van der Waals surface area contributed by atoms with E-state index in [1.807, 2.05) is 55.5 Å². The molecule has 6 nitrogen and oxygen atoms in total. The Morgan fingerprint density at radius 2 is 1.73 bits per heavy atom. The Kier molecular flexibility index (Phi) is 8.27. The number of methoxy groups -OCH3 is 1. The third-order valence-electron chi connectivity index (χ3n) is 4.41. The molecule has 2 aromatic carbocycles. The molecule has 0 saturated carbocycles. The van der Waals surface area contributed by atoms with Crippen LogP contribution in [0.15, 0.2) is 48.5 Å². The first-order valence-corrected chi connectivity index (χ1v) is 10.1. The molecule has 0 aliphatic heterocycles. The van der Waals surface area contributed by atoms with Gasteiger partial charge in [-0.3, -0.25) is 0 Å². The molecule has 30 heavy (non-hydrogen) atoms. The number of aryl methyl sites for hydroxylation is 1. The van der Waals surface area contributed by atoms with Gasteiger partial charge in [-0.05, 0) is 56.0 Å². The Labute approximate surface area is 178 Å². The summed E-state index contributed by atoms with van der Waals surface area (Å²) in [5.74, 6) is 0.237. The Morgan fingerprint density at radius 3 is 2.33 bits per heavy atom.